The molecule has 3 heteroatoms. The molecule has 2 bridgehead atoms. The van der Waals surface area contributed by atoms with E-state index >= 15 is 0 Å². The van der Waals surface area contributed by atoms with Gasteiger partial charge in [-0.1, -0.05) is 22.0 Å². The molecular weight excluding hydrogens is 302 g/mol. The number of nitrogens with one attached hydrogen (secondary N) is 1. The Morgan fingerprint density at radius 3 is 2.63 bits per heavy atom. The lowest BCUT2D eigenvalue weighted by Crippen LogP contribution is -2.19. The van der Waals surface area contributed by atoms with Gasteiger partial charge in [0.25, 0.3) is 0 Å². The molecule has 0 aromatic heterocycles. The molecule has 3 aliphatic rings. The number of aryl methyl sites for hydroxylation is 1. The molecule has 1 N–H and O–H groups in total. The molecule has 0 radical (unpaired) electrons. The van der Waals surface area contributed by atoms with Crippen molar-refractivity contribution >= 4 is 27.5 Å². The van der Waals surface area contributed by atoms with Crippen LogP contribution in [0.4, 0.5) is 5.69 Å². The molecule has 0 heterocycles. The number of hydrogen-bond acceptors (Lipinski definition) is 1. The summed E-state index contributed by atoms with van der Waals surface area (Å²) in [6, 6.07) is 6.05. The minimum absolute atomic E-state index is 0.257. The molecule has 3 saturated carbocycles. The lowest BCUT2D eigenvalue weighted by atomic mass is 10.0. The fourth-order valence-corrected chi connectivity index (χ4v) is 4.98. The van der Waals surface area contributed by atoms with Crippen molar-refractivity contribution in [1.82, 2.24) is 0 Å². The van der Waals surface area contributed by atoms with Gasteiger partial charge in [0.1, 0.15) is 0 Å². The van der Waals surface area contributed by atoms with Crippen molar-refractivity contribution in [2.24, 2.45) is 29.6 Å². The van der Waals surface area contributed by atoms with E-state index < -0.39 is 0 Å². The second-order valence-corrected chi connectivity index (χ2v) is 7.38. The maximum Gasteiger partial charge on any atom is 0.228 e. The highest BCUT2D eigenvalue weighted by Gasteiger charge is 2.67. The van der Waals surface area contributed by atoms with Gasteiger partial charge in [-0.2, -0.15) is 0 Å². The normalized spacial score (nSPS) is 38.1. The van der Waals surface area contributed by atoms with Gasteiger partial charge < -0.3 is 5.32 Å². The third-order valence-electron chi connectivity index (χ3n) is 5.50. The van der Waals surface area contributed by atoms with Crippen molar-refractivity contribution in [3.63, 3.8) is 0 Å². The third kappa shape index (κ3) is 1.78. The summed E-state index contributed by atoms with van der Waals surface area (Å²) in [4.78, 5) is 12.4. The van der Waals surface area contributed by atoms with Crippen LogP contribution in [0.25, 0.3) is 0 Å². The molecule has 4 unspecified atom stereocenters. The Balaban J connectivity index is 1.50. The van der Waals surface area contributed by atoms with Crippen molar-refractivity contribution in [3.05, 3.63) is 28.2 Å². The molecule has 3 aliphatic carbocycles. The maximum absolute atomic E-state index is 12.4. The summed E-state index contributed by atoms with van der Waals surface area (Å²) < 4.78 is 1.02. The second-order valence-electron chi connectivity index (χ2n) is 6.46. The highest BCUT2D eigenvalue weighted by atomic mass is 79.9. The molecule has 1 amide bonds. The molecule has 0 aliphatic heterocycles. The SMILES string of the molecule is Cc1ccc(Br)cc1NC(=O)C1C2C3CCC(C3)C12. The van der Waals surface area contributed by atoms with Crippen LogP contribution in [0.3, 0.4) is 0 Å². The number of carbonyl (C=O) groups is 1. The van der Waals surface area contributed by atoms with E-state index in [0.717, 1.165) is 27.6 Å². The highest BCUT2D eigenvalue weighted by molar-refractivity contribution is 9.10. The molecule has 100 valence electrons. The molecule has 2 nitrogen and oxygen atoms in total. The fraction of sp³-hybridized carbons (Fsp3) is 0.562. The van der Waals surface area contributed by atoms with Crippen molar-refractivity contribution in [2.75, 3.05) is 5.32 Å². The highest BCUT2D eigenvalue weighted by Crippen LogP contribution is 2.69. The van der Waals surface area contributed by atoms with E-state index in [9.17, 15) is 4.79 Å². The van der Waals surface area contributed by atoms with Crippen LogP contribution in [-0.2, 0) is 4.79 Å². The number of anilines is 1. The molecule has 1 aromatic rings. The minimum atomic E-state index is 0.257. The molecule has 0 spiro atoms. The molecule has 3 fully saturated rings. The van der Waals surface area contributed by atoms with Gasteiger partial charge >= 0.3 is 0 Å². The zero-order valence-corrected chi connectivity index (χ0v) is 12.6. The summed E-state index contributed by atoms with van der Waals surface area (Å²) in [7, 11) is 0. The van der Waals surface area contributed by atoms with Crippen LogP contribution < -0.4 is 5.32 Å². The predicted molar refractivity (Wildman–Crippen MR) is 78.8 cm³/mol. The zero-order valence-electron chi connectivity index (χ0n) is 11.0. The van der Waals surface area contributed by atoms with Crippen LogP contribution in [0.15, 0.2) is 22.7 Å². The van der Waals surface area contributed by atoms with Gasteiger partial charge in [0.2, 0.25) is 5.91 Å². The van der Waals surface area contributed by atoms with E-state index in [2.05, 4.69) is 21.2 Å². The first kappa shape index (κ1) is 12.0. The number of halogens is 1. The molecule has 19 heavy (non-hydrogen) atoms. The fourth-order valence-electron chi connectivity index (χ4n) is 4.62. The lowest BCUT2D eigenvalue weighted by molar-refractivity contribution is -0.118. The number of hydrogen-bond donors (Lipinski definition) is 1. The van der Waals surface area contributed by atoms with Gasteiger partial charge in [0, 0.05) is 16.1 Å². The number of fused-ring (bicyclic) bond motifs is 5. The summed E-state index contributed by atoms with van der Waals surface area (Å²) in [5.41, 5.74) is 2.09. The van der Waals surface area contributed by atoms with E-state index in [1.165, 1.54) is 19.3 Å². The zero-order chi connectivity index (χ0) is 13.1. The number of amides is 1. The van der Waals surface area contributed by atoms with E-state index in [0.29, 0.717) is 17.8 Å². The van der Waals surface area contributed by atoms with Gasteiger partial charge in [0.15, 0.2) is 0 Å². The van der Waals surface area contributed by atoms with Gasteiger partial charge in [-0.3, -0.25) is 4.79 Å². The van der Waals surface area contributed by atoms with Crippen molar-refractivity contribution < 1.29 is 4.79 Å². The Hall–Kier alpha value is -0.830. The standard InChI is InChI=1S/C16H18BrNO/c1-8-2-5-11(17)7-12(8)18-16(19)15-13-9-3-4-10(6-9)14(13)15/h2,5,7,9-10,13-15H,3-4,6H2,1H3,(H,18,19). The smallest absolute Gasteiger partial charge is 0.228 e. The van der Waals surface area contributed by atoms with Crippen molar-refractivity contribution in [1.29, 1.82) is 0 Å². The summed E-state index contributed by atoms with van der Waals surface area (Å²) in [6.07, 6.45) is 4.13. The van der Waals surface area contributed by atoms with Gasteiger partial charge in [-0.05, 0) is 67.6 Å². The number of benzene rings is 1. The van der Waals surface area contributed by atoms with Crippen LogP contribution >= 0.6 is 15.9 Å². The van der Waals surface area contributed by atoms with E-state index in [1.807, 2.05) is 25.1 Å². The number of carbonyl (C=O) groups excluding carboxylic acids is 1. The average Bonchev–Trinajstić information content (AvgIpc) is 2.83. The summed E-state index contributed by atoms with van der Waals surface area (Å²) in [6.45, 7) is 2.04. The van der Waals surface area contributed by atoms with Gasteiger partial charge in [-0.15, -0.1) is 0 Å². The quantitative estimate of drug-likeness (QED) is 0.877. The van der Waals surface area contributed by atoms with Crippen LogP contribution in [0.2, 0.25) is 0 Å². The molecular formula is C16H18BrNO. The molecule has 4 atom stereocenters. The van der Waals surface area contributed by atoms with Crippen molar-refractivity contribution in [2.45, 2.75) is 26.2 Å². The summed E-state index contributed by atoms with van der Waals surface area (Å²) in [5.74, 6) is 3.71. The van der Waals surface area contributed by atoms with Crippen LogP contribution in [0.5, 0.6) is 0 Å². The minimum Gasteiger partial charge on any atom is -0.326 e. The van der Waals surface area contributed by atoms with E-state index in [1.54, 1.807) is 0 Å². The third-order valence-corrected chi connectivity index (χ3v) is 5.99. The Labute approximate surface area is 122 Å². The first-order chi connectivity index (χ1) is 9.15. The average molecular weight is 320 g/mol. The van der Waals surface area contributed by atoms with Crippen molar-refractivity contribution in [3.8, 4) is 0 Å². The maximum atomic E-state index is 12.4. The van der Waals surface area contributed by atoms with E-state index in [-0.39, 0.29) is 5.91 Å². The predicted octanol–water partition coefficient (Wildman–Crippen LogP) is 3.99. The summed E-state index contributed by atoms with van der Waals surface area (Å²) >= 11 is 3.47. The molecule has 4 rings (SSSR count). The van der Waals surface area contributed by atoms with Crippen LogP contribution in [0.1, 0.15) is 24.8 Å². The molecule has 0 saturated heterocycles. The Morgan fingerprint density at radius 2 is 1.95 bits per heavy atom. The Bertz CT molecular complexity index is 540. The second kappa shape index (κ2) is 4.08. The van der Waals surface area contributed by atoms with Crippen LogP contribution in [-0.4, -0.2) is 5.91 Å². The first-order valence-corrected chi connectivity index (χ1v) is 8.01. The number of rotatable bonds is 2. The van der Waals surface area contributed by atoms with Gasteiger partial charge in [0.05, 0.1) is 0 Å². The lowest BCUT2D eigenvalue weighted by Gasteiger charge is -2.11. The van der Waals surface area contributed by atoms with Gasteiger partial charge in [-0.25, -0.2) is 0 Å². The first-order valence-electron chi connectivity index (χ1n) is 7.22. The molecule has 1 aromatic carbocycles. The Morgan fingerprint density at radius 1 is 1.26 bits per heavy atom. The van der Waals surface area contributed by atoms with E-state index in [4.69, 9.17) is 0 Å². The monoisotopic (exact) mass is 319 g/mol. The topological polar surface area (TPSA) is 29.1 Å². The van der Waals surface area contributed by atoms with Crippen LogP contribution in [0, 0.1) is 36.5 Å². The Kier molecular flexibility index (Phi) is 2.57. The summed E-state index contributed by atoms with van der Waals surface area (Å²) in [5, 5.41) is 3.14. The largest absolute Gasteiger partial charge is 0.326 e.